The molecule has 1 saturated heterocycles. The minimum absolute atomic E-state index is 0.0472. The molecule has 3 heterocycles. The Morgan fingerprint density at radius 3 is 2.32 bits per heavy atom. The first kappa shape index (κ1) is 26.6. The monoisotopic (exact) mass is 466 g/mol. The Hall–Kier alpha value is -3.70. The Bertz CT molecular complexity index is 1190. The van der Waals surface area contributed by atoms with E-state index in [1.54, 1.807) is 17.9 Å². The van der Waals surface area contributed by atoms with Crippen LogP contribution in [0.3, 0.4) is 0 Å². The van der Waals surface area contributed by atoms with Gasteiger partial charge < -0.3 is 19.4 Å². The third-order valence-electron chi connectivity index (χ3n) is 5.52. The van der Waals surface area contributed by atoms with E-state index in [0.29, 0.717) is 18.8 Å². The molecule has 2 aromatic heterocycles. The number of hydrogen-bond acceptors (Lipinski definition) is 4. The van der Waals surface area contributed by atoms with Crippen LogP contribution in [-0.4, -0.2) is 59.4 Å². The van der Waals surface area contributed by atoms with E-state index in [1.807, 2.05) is 43.5 Å². The van der Waals surface area contributed by atoms with Gasteiger partial charge in [-0.15, -0.1) is 12.8 Å². The number of rotatable bonds is 2. The number of hydrogen-bond donors (Lipinski definition) is 1. The summed E-state index contributed by atoms with van der Waals surface area (Å²) >= 11 is 0. The van der Waals surface area contributed by atoms with Crippen LogP contribution in [0.4, 0.5) is 4.39 Å². The van der Waals surface area contributed by atoms with Crippen molar-refractivity contribution in [3.05, 3.63) is 58.7 Å². The molecule has 8 heteroatoms. The summed E-state index contributed by atoms with van der Waals surface area (Å²) in [6.45, 7) is 10.3. The molecule has 1 aromatic carbocycles. The zero-order valence-electron chi connectivity index (χ0n) is 20.3. The van der Waals surface area contributed by atoms with Gasteiger partial charge in [-0.25, -0.2) is 9.37 Å². The third kappa shape index (κ3) is 6.00. The lowest BCUT2D eigenvalue weighted by molar-refractivity contribution is -0.132. The number of fused-ring (bicyclic) bond motifs is 1. The van der Waals surface area contributed by atoms with Gasteiger partial charge in [-0.3, -0.25) is 9.59 Å². The maximum atomic E-state index is 14.3. The van der Waals surface area contributed by atoms with E-state index < -0.39 is 11.7 Å². The second-order valence-electron chi connectivity index (χ2n) is 7.82. The van der Waals surface area contributed by atoms with Gasteiger partial charge in [0.2, 0.25) is 5.91 Å². The van der Waals surface area contributed by atoms with E-state index in [1.165, 1.54) is 13.1 Å². The standard InChI is InChI=1S/C18H18FN3O.C6H11NO2.C2H2/c1-10-5-6-22-12(3)17(21-16(22)7-10)13-9-15(19)14(8-11(13)2)18(23)20-4;1-6(8)7-2-4-9-5-3-7;1-2/h5-9H,1-4H3,(H,20,23);2-5H2,1H3;1-2H. The molecule has 1 aliphatic rings. The number of carbonyl (C=O) groups excluding carboxylic acids is 2. The molecular weight excluding hydrogens is 435 g/mol. The second kappa shape index (κ2) is 12.0. The van der Waals surface area contributed by atoms with Crippen molar-refractivity contribution in [2.45, 2.75) is 27.7 Å². The predicted octanol–water partition coefficient (Wildman–Crippen LogP) is 3.54. The summed E-state index contributed by atoms with van der Waals surface area (Å²) in [5.41, 5.74) is 5.18. The highest BCUT2D eigenvalue weighted by atomic mass is 19.1. The number of pyridine rings is 1. The number of nitrogens with one attached hydrogen (secondary N) is 1. The van der Waals surface area contributed by atoms with Gasteiger partial charge in [-0.05, 0) is 56.2 Å². The first-order chi connectivity index (χ1) is 16.2. The van der Waals surface area contributed by atoms with Crippen LogP contribution in [0.15, 0.2) is 30.5 Å². The van der Waals surface area contributed by atoms with Crippen LogP contribution in [-0.2, 0) is 9.53 Å². The Balaban J connectivity index is 0.000000311. The Labute approximate surface area is 199 Å². The Morgan fingerprint density at radius 1 is 1.12 bits per heavy atom. The molecule has 0 radical (unpaired) electrons. The number of amides is 2. The molecule has 34 heavy (non-hydrogen) atoms. The Morgan fingerprint density at radius 2 is 1.76 bits per heavy atom. The first-order valence-corrected chi connectivity index (χ1v) is 10.9. The molecule has 4 rings (SSSR count). The molecule has 0 aliphatic carbocycles. The number of halogens is 1. The van der Waals surface area contributed by atoms with Gasteiger partial charge in [-0.2, -0.15) is 0 Å². The molecule has 0 saturated carbocycles. The predicted molar refractivity (Wildman–Crippen MR) is 131 cm³/mol. The summed E-state index contributed by atoms with van der Waals surface area (Å²) in [6, 6.07) is 6.95. The van der Waals surface area contributed by atoms with Crippen LogP contribution in [0, 0.1) is 39.4 Å². The minimum atomic E-state index is -0.544. The quantitative estimate of drug-likeness (QED) is 0.586. The third-order valence-corrected chi connectivity index (χ3v) is 5.52. The summed E-state index contributed by atoms with van der Waals surface area (Å²) in [6.07, 6.45) is 9.96. The number of terminal acetylenes is 1. The number of nitrogens with zero attached hydrogens (tertiary/aromatic N) is 3. The molecule has 0 bridgehead atoms. The van der Waals surface area contributed by atoms with Gasteiger partial charge in [0.1, 0.15) is 11.5 Å². The number of aryl methyl sites for hydroxylation is 3. The molecule has 1 aliphatic heterocycles. The molecule has 0 atom stereocenters. The van der Waals surface area contributed by atoms with E-state index >= 15 is 0 Å². The van der Waals surface area contributed by atoms with E-state index in [4.69, 9.17) is 4.74 Å². The van der Waals surface area contributed by atoms with Crippen molar-refractivity contribution < 1.29 is 18.7 Å². The average Bonchev–Trinajstić information content (AvgIpc) is 3.17. The number of morpholine rings is 1. The number of aromatic nitrogens is 2. The maximum Gasteiger partial charge on any atom is 0.254 e. The summed E-state index contributed by atoms with van der Waals surface area (Å²) in [5.74, 6) is -0.824. The largest absolute Gasteiger partial charge is 0.378 e. The van der Waals surface area contributed by atoms with Gasteiger partial charge >= 0.3 is 0 Å². The van der Waals surface area contributed by atoms with Crippen LogP contribution < -0.4 is 5.32 Å². The molecule has 2 amide bonds. The van der Waals surface area contributed by atoms with Crippen LogP contribution in [0.25, 0.3) is 16.9 Å². The molecule has 3 aromatic rings. The van der Waals surface area contributed by atoms with Crippen molar-refractivity contribution in [3.63, 3.8) is 0 Å². The summed E-state index contributed by atoms with van der Waals surface area (Å²) < 4.78 is 21.3. The highest BCUT2D eigenvalue weighted by molar-refractivity contribution is 5.95. The van der Waals surface area contributed by atoms with Gasteiger partial charge in [0.15, 0.2) is 0 Å². The second-order valence-corrected chi connectivity index (χ2v) is 7.82. The van der Waals surface area contributed by atoms with Crippen molar-refractivity contribution in [2.75, 3.05) is 33.4 Å². The SMILES string of the molecule is C#C.CC(=O)N1CCOCC1.CNC(=O)c1cc(C)c(-c2nc3cc(C)ccn3c2C)cc1F. The lowest BCUT2D eigenvalue weighted by Gasteiger charge is -2.25. The zero-order chi connectivity index (χ0) is 25.4. The van der Waals surface area contributed by atoms with Crippen LogP contribution >= 0.6 is 0 Å². The van der Waals surface area contributed by atoms with E-state index in [2.05, 4.69) is 23.1 Å². The molecule has 0 unspecified atom stereocenters. The van der Waals surface area contributed by atoms with Crippen molar-refractivity contribution in [1.29, 1.82) is 0 Å². The fraction of sp³-hybridized carbons (Fsp3) is 0.346. The first-order valence-electron chi connectivity index (χ1n) is 10.9. The summed E-state index contributed by atoms with van der Waals surface area (Å²) in [7, 11) is 1.49. The van der Waals surface area contributed by atoms with Gasteiger partial charge in [0, 0.05) is 44.5 Å². The van der Waals surface area contributed by atoms with E-state index in [-0.39, 0.29) is 11.5 Å². The molecule has 1 fully saturated rings. The van der Waals surface area contributed by atoms with Gasteiger partial charge in [0.05, 0.1) is 24.5 Å². The highest BCUT2D eigenvalue weighted by Gasteiger charge is 2.18. The zero-order valence-corrected chi connectivity index (χ0v) is 20.3. The summed E-state index contributed by atoms with van der Waals surface area (Å²) in [5, 5.41) is 2.45. The lowest BCUT2D eigenvalue weighted by atomic mass is 10.0. The van der Waals surface area contributed by atoms with E-state index in [9.17, 15) is 14.0 Å². The van der Waals surface area contributed by atoms with Crippen molar-refractivity contribution in [1.82, 2.24) is 19.6 Å². The number of carbonyl (C=O) groups is 2. The Kier molecular flexibility index (Phi) is 9.34. The molecule has 0 spiro atoms. The lowest BCUT2D eigenvalue weighted by Crippen LogP contribution is -2.39. The normalized spacial score (nSPS) is 12.8. The number of imidazole rings is 1. The summed E-state index contributed by atoms with van der Waals surface area (Å²) in [4.78, 5) is 28.8. The molecule has 1 N–H and O–H groups in total. The van der Waals surface area contributed by atoms with Crippen LogP contribution in [0.2, 0.25) is 0 Å². The highest BCUT2D eigenvalue weighted by Crippen LogP contribution is 2.29. The van der Waals surface area contributed by atoms with Crippen molar-refractivity contribution in [2.24, 2.45) is 0 Å². The fourth-order valence-electron chi connectivity index (χ4n) is 3.65. The van der Waals surface area contributed by atoms with Crippen molar-refractivity contribution >= 4 is 17.5 Å². The molecular formula is C26H31FN4O3. The maximum absolute atomic E-state index is 14.3. The molecule has 7 nitrogen and oxygen atoms in total. The number of ether oxygens (including phenoxy) is 1. The van der Waals surface area contributed by atoms with Crippen LogP contribution in [0.1, 0.15) is 34.1 Å². The molecule has 180 valence electrons. The van der Waals surface area contributed by atoms with Crippen LogP contribution in [0.5, 0.6) is 0 Å². The number of benzene rings is 1. The topological polar surface area (TPSA) is 75.9 Å². The van der Waals surface area contributed by atoms with Gasteiger partial charge in [-0.1, -0.05) is 0 Å². The minimum Gasteiger partial charge on any atom is -0.378 e. The van der Waals surface area contributed by atoms with E-state index in [0.717, 1.165) is 41.3 Å². The van der Waals surface area contributed by atoms with Gasteiger partial charge in [0.25, 0.3) is 5.91 Å². The fourth-order valence-corrected chi connectivity index (χ4v) is 3.65. The average molecular weight is 467 g/mol. The smallest absolute Gasteiger partial charge is 0.254 e. The van der Waals surface area contributed by atoms with Crippen molar-refractivity contribution in [3.8, 4) is 24.1 Å².